The molecule has 1 aliphatic carbocycles. The Morgan fingerprint density at radius 2 is 1.20 bits per heavy atom. The van der Waals surface area contributed by atoms with E-state index in [9.17, 15) is 0 Å². The SMILES string of the molecule is CC1(C)c2ccccc2-c2c(N(c3cccc(Cl)c3)c3ccccc3-c3ccccc3)cccc21. The van der Waals surface area contributed by atoms with Gasteiger partial charge in [-0.05, 0) is 52.6 Å². The van der Waals surface area contributed by atoms with Crippen LogP contribution in [-0.4, -0.2) is 0 Å². The summed E-state index contributed by atoms with van der Waals surface area (Å²) in [6.07, 6.45) is 0. The van der Waals surface area contributed by atoms with E-state index in [0.29, 0.717) is 0 Å². The summed E-state index contributed by atoms with van der Waals surface area (Å²) in [5.74, 6) is 0. The van der Waals surface area contributed by atoms with Crippen LogP contribution in [-0.2, 0) is 5.41 Å². The molecule has 170 valence electrons. The third kappa shape index (κ3) is 3.55. The molecular formula is C33H26ClN. The Kier molecular flexibility index (Phi) is 5.24. The van der Waals surface area contributed by atoms with Gasteiger partial charge in [0.15, 0.2) is 0 Å². The highest BCUT2D eigenvalue weighted by Crippen LogP contribution is 2.54. The molecule has 1 aliphatic rings. The van der Waals surface area contributed by atoms with Gasteiger partial charge in [0.2, 0.25) is 0 Å². The number of hydrogen-bond donors (Lipinski definition) is 0. The minimum Gasteiger partial charge on any atom is -0.309 e. The Bertz CT molecular complexity index is 1530. The number of para-hydroxylation sites is 1. The second-order valence-electron chi connectivity index (χ2n) is 9.57. The quantitative estimate of drug-likeness (QED) is 0.252. The van der Waals surface area contributed by atoms with Crippen LogP contribution in [0.1, 0.15) is 25.0 Å². The summed E-state index contributed by atoms with van der Waals surface area (Å²) in [7, 11) is 0. The van der Waals surface area contributed by atoms with Crippen molar-refractivity contribution in [3.63, 3.8) is 0 Å². The van der Waals surface area contributed by atoms with Gasteiger partial charge in [-0.3, -0.25) is 0 Å². The second kappa shape index (κ2) is 8.45. The topological polar surface area (TPSA) is 3.24 Å². The van der Waals surface area contributed by atoms with Crippen LogP contribution in [0.2, 0.25) is 5.02 Å². The average Bonchev–Trinajstić information content (AvgIpc) is 3.13. The van der Waals surface area contributed by atoms with Gasteiger partial charge in [0.05, 0.1) is 11.4 Å². The van der Waals surface area contributed by atoms with E-state index >= 15 is 0 Å². The molecule has 5 aromatic rings. The van der Waals surface area contributed by atoms with E-state index in [1.165, 1.54) is 33.4 Å². The highest BCUT2D eigenvalue weighted by Gasteiger charge is 2.37. The highest BCUT2D eigenvalue weighted by atomic mass is 35.5. The predicted molar refractivity (Wildman–Crippen MR) is 149 cm³/mol. The molecule has 0 atom stereocenters. The van der Waals surface area contributed by atoms with Crippen molar-refractivity contribution in [3.05, 3.63) is 137 Å². The maximum atomic E-state index is 6.54. The molecule has 0 amide bonds. The Morgan fingerprint density at radius 1 is 0.571 bits per heavy atom. The first kappa shape index (κ1) is 21.7. The average molecular weight is 472 g/mol. The van der Waals surface area contributed by atoms with Crippen LogP contribution < -0.4 is 4.90 Å². The lowest BCUT2D eigenvalue weighted by Crippen LogP contribution is -2.16. The summed E-state index contributed by atoms with van der Waals surface area (Å²) in [4.78, 5) is 2.37. The van der Waals surface area contributed by atoms with Gasteiger partial charge in [0, 0.05) is 27.3 Å². The van der Waals surface area contributed by atoms with Gasteiger partial charge < -0.3 is 4.90 Å². The van der Waals surface area contributed by atoms with E-state index in [1.54, 1.807) is 0 Å². The van der Waals surface area contributed by atoms with Gasteiger partial charge in [-0.15, -0.1) is 0 Å². The number of nitrogens with zero attached hydrogens (tertiary/aromatic N) is 1. The van der Waals surface area contributed by atoms with Crippen LogP contribution in [0.25, 0.3) is 22.3 Å². The van der Waals surface area contributed by atoms with Gasteiger partial charge in [-0.25, -0.2) is 0 Å². The first-order valence-corrected chi connectivity index (χ1v) is 12.4. The zero-order valence-electron chi connectivity index (χ0n) is 19.9. The van der Waals surface area contributed by atoms with E-state index in [2.05, 4.69) is 128 Å². The Balaban J connectivity index is 1.68. The lowest BCUT2D eigenvalue weighted by Gasteiger charge is -2.30. The molecular weight excluding hydrogens is 446 g/mol. The summed E-state index contributed by atoms with van der Waals surface area (Å²) in [6, 6.07) is 42.8. The molecule has 0 N–H and O–H groups in total. The summed E-state index contributed by atoms with van der Waals surface area (Å²) >= 11 is 6.54. The molecule has 2 heteroatoms. The van der Waals surface area contributed by atoms with Crippen LogP contribution in [0.5, 0.6) is 0 Å². The van der Waals surface area contributed by atoms with Crippen LogP contribution in [0.3, 0.4) is 0 Å². The second-order valence-corrected chi connectivity index (χ2v) is 10.0. The zero-order chi connectivity index (χ0) is 24.0. The molecule has 0 aliphatic heterocycles. The molecule has 1 nitrogen and oxygen atoms in total. The molecule has 0 bridgehead atoms. The van der Waals surface area contributed by atoms with Gasteiger partial charge >= 0.3 is 0 Å². The number of fused-ring (bicyclic) bond motifs is 3. The number of anilines is 3. The first-order valence-electron chi connectivity index (χ1n) is 12.0. The third-order valence-corrected chi connectivity index (χ3v) is 7.36. The number of rotatable bonds is 4. The lowest BCUT2D eigenvalue weighted by molar-refractivity contribution is 0.660. The monoisotopic (exact) mass is 471 g/mol. The highest BCUT2D eigenvalue weighted by molar-refractivity contribution is 6.30. The zero-order valence-corrected chi connectivity index (χ0v) is 20.6. The van der Waals surface area contributed by atoms with E-state index < -0.39 is 0 Å². The maximum Gasteiger partial charge on any atom is 0.0543 e. The molecule has 0 unspecified atom stereocenters. The largest absolute Gasteiger partial charge is 0.309 e. The van der Waals surface area contributed by atoms with Crippen LogP contribution in [0.4, 0.5) is 17.1 Å². The van der Waals surface area contributed by atoms with Crippen molar-refractivity contribution in [1.82, 2.24) is 0 Å². The lowest BCUT2D eigenvalue weighted by atomic mass is 9.82. The fourth-order valence-electron chi connectivity index (χ4n) is 5.48. The molecule has 0 saturated carbocycles. The normalized spacial score (nSPS) is 13.2. The van der Waals surface area contributed by atoms with Crippen molar-refractivity contribution in [2.75, 3.05) is 4.90 Å². The summed E-state index contributed by atoms with van der Waals surface area (Å²) in [6.45, 7) is 4.65. The van der Waals surface area contributed by atoms with E-state index in [4.69, 9.17) is 11.6 Å². The van der Waals surface area contributed by atoms with E-state index in [-0.39, 0.29) is 5.41 Å². The summed E-state index contributed by atoms with van der Waals surface area (Å²) < 4.78 is 0. The fourth-order valence-corrected chi connectivity index (χ4v) is 5.66. The third-order valence-electron chi connectivity index (χ3n) is 7.12. The molecule has 0 heterocycles. The van der Waals surface area contributed by atoms with E-state index in [1.807, 2.05) is 12.1 Å². The van der Waals surface area contributed by atoms with Crippen molar-refractivity contribution >= 4 is 28.7 Å². The predicted octanol–water partition coefficient (Wildman–Crippen LogP) is 9.78. The molecule has 0 spiro atoms. The Hall–Kier alpha value is -3.81. The minimum absolute atomic E-state index is 0.0686. The van der Waals surface area contributed by atoms with Crippen molar-refractivity contribution in [2.45, 2.75) is 19.3 Å². The minimum atomic E-state index is -0.0686. The Labute approximate surface area is 212 Å². The smallest absolute Gasteiger partial charge is 0.0543 e. The summed E-state index contributed by atoms with van der Waals surface area (Å²) in [5, 5.41) is 0.720. The van der Waals surface area contributed by atoms with Gasteiger partial charge in [0.1, 0.15) is 0 Å². The van der Waals surface area contributed by atoms with Crippen molar-refractivity contribution in [3.8, 4) is 22.3 Å². The van der Waals surface area contributed by atoms with Gasteiger partial charge in [0.25, 0.3) is 0 Å². The van der Waals surface area contributed by atoms with Crippen molar-refractivity contribution in [2.24, 2.45) is 0 Å². The van der Waals surface area contributed by atoms with Crippen molar-refractivity contribution < 1.29 is 0 Å². The Morgan fingerprint density at radius 3 is 2.00 bits per heavy atom. The van der Waals surface area contributed by atoms with Gasteiger partial charge in [-0.1, -0.05) is 116 Å². The number of benzene rings is 5. The fraction of sp³-hybridized carbons (Fsp3) is 0.0909. The first-order chi connectivity index (χ1) is 17.1. The van der Waals surface area contributed by atoms with Crippen LogP contribution >= 0.6 is 11.6 Å². The number of hydrogen-bond acceptors (Lipinski definition) is 1. The van der Waals surface area contributed by atoms with Gasteiger partial charge in [-0.2, -0.15) is 0 Å². The van der Waals surface area contributed by atoms with Crippen molar-refractivity contribution in [1.29, 1.82) is 0 Å². The van der Waals surface area contributed by atoms with Crippen LogP contribution in [0, 0.1) is 0 Å². The standard InChI is InChI=1S/C33H26ClN/c1-33(2)28-18-8-6-17-27(28)32-29(33)19-11-21-31(32)35(25-15-10-14-24(34)22-25)30-20-9-7-16-26(30)23-12-4-3-5-13-23/h3-22H,1-2H3. The van der Waals surface area contributed by atoms with Crippen LogP contribution in [0.15, 0.2) is 121 Å². The maximum absolute atomic E-state index is 6.54. The molecule has 5 aromatic carbocycles. The molecule has 0 aromatic heterocycles. The molecule has 6 rings (SSSR count). The molecule has 0 fully saturated rings. The molecule has 0 saturated heterocycles. The number of halogens is 1. The van der Waals surface area contributed by atoms with E-state index in [0.717, 1.165) is 22.1 Å². The molecule has 35 heavy (non-hydrogen) atoms. The molecule has 0 radical (unpaired) electrons. The summed E-state index contributed by atoms with van der Waals surface area (Å²) in [5.41, 5.74) is 10.9.